The maximum absolute atomic E-state index is 5.70. The highest BCUT2D eigenvalue weighted by atomic mass is 16.5. The van der Waals surface area contributed by atoms with Crippen molar-refractivity contribution in [3.63, 3.8) is 0 Å². The van der Waals surface area contributed by atoms with Crippen LogP contribution in [0.5, 0.6) is 0 Å². The van der Waals surface area contributed by atoms with Crippen molar-refractivity contribution in [2.24, 2.45) is 5.92 Å². The van der Waals surface area contributed by atoms with E-state index >= 15 is 0 Å². The highest BCUT2D eigenvalue weighted by molar-refractivity contribution is 5.12. The van der Waals surface area contributed by atoms with Gasteiger partial charge in [0.15, 0.2) is 0 Å². The Hall–Kier alpha value is -0.840. The fraction of sp³-hybridized carbons (Fsp3) is 0.750. The Morgan fingerprint density at radius 3 is 3.05 bits per heavy atom. The highest BCUT2D eigenvalue weighted by Crippen LogP contribution is 2.16. The van der Waals surface area contributed by atoms with Crippen molar-refractivity contribution < 1.29 is 9.15 Å². The van der Waals surface area contributed by atoms with Gasteiger partial charge in [0.1, 0.15) is 5.76 Å². The monoisotopic (exact) mass is 280 g/mol. The molecule has 0 amide bonds. The third kappa shape index (κ3) is 4.62. The second-order valence-corrected chi connectivity index (χ2v) is 6.05. The summed E-state index contributed by atoms with van der Waals surface area (Å²) in [5.74, 6) is 1.74. The van der Waals surface area contributed by atoms with Gasteiger partial charge in [0, 0.05) is 24.7 Å². The third-order valence-corrected chi connectivity index (χ3v) is 3.77. The van der Waals surface area contributed by atoms with E-state index in [2.05, 4.69) is 37.1 Å². The summed E-state index contributed by atoms with van der Waals surface area (Å²) in [5, 5.41) is 3.44. The van der Waals surface area contributed by atoms with Gasteiger partial charge in [-0.15, -0.1) is 0 Å². The molecule has 0 aromatic carbocycles. The fourth-order valence-corrected chi connectivity index (χ4v) is 2.58. The van der Waals surface area contributed by atoms with Crippen molar-refractivity contribution in [2.75, 3.05) is 26.3 Å². The number of hydrogen-bond donors (Lipinski definition) is 1. The van der Waals surface area contributed by atoms with Crippen molar-refractivity contribution in [1.82, 2.24) is 10.2 Å². The molecule has 1 aromatic rings. The molecule has 1 aliphatic heterocycles. The molecule has 2 rings (SSSR count). The van der Waals surface area contributed by atoms with Crippen LogP contribution in [-0.4, -0.2) is 37.2 Å². The van der Waals surface area contributed by atoms with Gasteiger partial charge in [0.05, 0.1) is 26.0 Å². The van der Waals surface area contributed by atoms with Gasteiger partial charge >= 0.3 is 0 Å². The van der Waals surface area contributed by atoms with Crippen LogP contribution in [0, 0.1) is 5.92 Å². The van der Waals surface area contributed by atoms with Crippen LogP contribution in [0.25, 0.3) is 0 Å². The molecule has 1 aliphatic rings. The van der Waals surface area contributed by atoms with Gasteiger partial charge in [-0.25, -0.2) is 0 Å². The van der Waals surface area contributed by atoms with E-state index in [9.17, 15) is 0 Å². The average Bonchev–Trinajstić information content (AvgIpc) is 2.86. The molecule has 4 heteroatoms. The van der Waals surface area contributed by atoms with Crippen LogP contribution < -0.4 is 5.32 Å². The topological polar surface area (TPSA) is 37.6 Å². The molecule has 1 fully saturated rings. The molecule has 4 nitrogen and oxygen atoms in total. The van der Waals surface area contributed by atoms with Crippen LogP contribution >= 0.6 is 0 Å². The first-order valence-corrected chi connectivity index (χ1v) is 7.77. The number of rotatable bonds is 7. The van der Waals surface area contributed by atoms with Gasteiger partial charge in [-0.1, -0.05) is 20.8 Å². The standard InChI is InChI=1S/C16H28N2O2/c1-4-15-12-19-6-5-18(15)10-16-7-14(11-20-16)9-17-8-13(2)3/h7,11,13,15,17H,4-6,8-10,12H2,1-3H3. The summed E-state index contributed by atoms with van der Waals surface area (Å²) in [7, 11) is 0. The summed E-state index contributed by atoms with van der Waals surface area (Å²) < 4.78 is 11.2. The summed E-state index contributed by atoms with van der Waals surface area (Å²) in [4.78, 5) is 2.47. The Kier molecular flexibility index (Phi) is 6.07. The van der Waals surface area contributed by atoms with Gasteiger partial charge in [-0.2, -0.15) is 0 Å². The lowest BCUT2D eigenvalue weighted by Crippen LogP contribution is -2.44. The molecule has 0 bridgehead atoms. The molecule has 1 unspecified atom stereocenters. The number of morpholine rings is 1. The lowest BCUT2D eigenvalue weighted by molar-refractivity contribution is -0.0153. The number of ether oxygens (including phenoxy) is 1. The second kappa shape index (κ2) is 7.81. The zero-order chi connectivity index (χ0) is 14.4. The predicted molar refractivity (Wildman–Crippen MR) is 80.6 cm³/mol. The molecule has 1 saturated heterocycles. The average molecular weight is 280 g/mol. The van der Waals surface area contributed by atoms with Gasteiger partial charge in [-0.3, -0.25) is 4.90 Å². The minimum atomic E-state index is 0.524. The van der Waals surface area contributed by atoms with Crippen molar-refractivity contribution in [3.05, 3.63) is 23.7 Å². The van der Waals surface area contributed by atoms with Crippen molar-refractivity contribution in [2.45, 2.75) is 46.3 Å². The number of nitrogens with one attached hydrogen (secondary N) is 1. The molecule has 20 heavy (non-hydrogen) atoms. The summed E-state index contributed by atoms with van der Waals surface area (Å²) in [5.41, 5.74) is 1.24. The van der Waals surface area contributed by atoms with E-state index in [-0.39, 0.29) is 0 Å². The number of nitrogens with zero attached hydrogens (tertiary/aromatic N) is 1. The molecule has 0 spiro atoms. The predicted octanol–water partition coefficient (Wildman–Crippen LogP) is 2.64. The van der Waals surface area contributed by atoms with Gasteiger partial charge in [0.25, 0.3) is 0 Å². The Bertz CT molecular complexity index is 390. The molecular formula is C16H28N2O2. The fourth-order valence-electron chi connectivity index (χ4n) is 2.58. The van der Waals surface area contributed by atoms with E-state index in [1.54, 1.807) is 0 Å². The van der Waals surface area contributed by atoms with Crippen molar-refractivity contribution in [3.8, 4) is 0 Å². The quantitative estimate of drug-likeness (QED) is 0.833. The zero-order valence-corrected chi connectivity index (χ0v) is 13.0. The largest absolute Gasteiger partial charge is 0.468 e. The lowest BCUT2D eigenvalue weighted by atomic mass is 10.1. The zero-order valence-electron chi connectivity index (χ0n) is 13.0. The normalized spacial score (nSPS) is 20.7. The van der Waals surface area contributed by atoms with Crippen molar-refractivity contribution in [1.29, 1.82) is 0 Å². The maximum atomic E-state index is 5.70. The molecule has 0 aliphatic carbocycles. The number of hydrogen-bond acceptors (Lipinski definition) is 4. The van der Waals surface area contributed by atoms with Crippen LogP contribution in [0.2, 0.25) is 0 Å². The maximum Gasteiger partial charge on any atom is 0.118 e. The summed E-state index contributed by atoms with van der Waals surface area (Å²) >= 11 is 0. The molecule has 2 heterocycles. The third-order valence-electron chi connectivity index (χ3n) is 3.77. The Balaban J connectivity index is 1.82. The molecule has 1 atom stereocenters. The minimum Gasteiger partial charge on any atom is -0.468 e. The summed E-state index contributed by atoms with van der Waals surface area (Å²) in [6, 6.07) is 2.70. The van der Waals surface area contributed by atoms with E-state index in [4.69, 9.17) is 9.15 Å². The van der Waals surface area contributed by atoms with Crippen molar-refractivity contribution >= 4 is 0 Å². The first kappa shape index (κ1) is 15.5. The Morgan fingerprint density at radius 2 is 2.30 bits per heavy atom. The summed E-state index contributed by atoms with van der Waals surface area (Å²) in [6.45, 7) is 12.2. The van der Waals surface area contributed by atoms with E-state index in [0.717, 1.165) is 51.6 Å². The first-order chi connectivity index (χ1) is 9.69. The van der Waals surface area contributed by atoms with Gasteiger partial charge < -0.3 is 14.5 Å². The molecule has 0 radical (unpaired) electrons. The summed E-state index contributed by atoms with van der Waals surface area (Å²) in [6.07, 6.45) is 3.01. The smallest absolute Gasteiger partial charge is 0.118 e. The second-order valence-electron chi connectivity index (χ2n) is 6.05. The van der Waals surface area contributed by atoms with Crippen LogP contribution in [-0.2, 0) is 17.8 Å². The van der Waals surface area contributed by atoms with Crippen LogP contribution in [0.1, 0.15) is 38.5 Å². The van der Waals surface area contributed by atoms with Crippen LogP contribution in [0.3, 0.4) is 0 Å². The van der Waals surface area contributed by atoms with E-state index in [1.165, 1.54) is 5.56 Å². The van der Waals surface area contributed by atoms with E-state index < -0.39 is 0 Å². The SMILES string of the molecule is CCC1COCCN1Cc1cc(CNCC(C)C)co1. The Labute approximate surface area is 122 Å². The van der Waals surface area contributed by atoms with Gasteiger partial charge in [0.2, 0.25) is 0 Å². The van der Waals surface area contributed by atoms with E-state index in [1.807, 2.05) is 6.26 Å². The number of furan rings is 1. The molecular weight excluding hydrogens is 252 g/mol. The molecule has 1 N–H and O–H groups in total. The molecule has 114 valence electrons. The first-order valence-electron chi connectivity index (χ1n) is 7.77. The van der Waals surface area contributed by atoms with Crippen LogP contribution in [0.4, 0.5) is 0 Å². The minimum absolute atomic E-state index is 0.524. The highest BCUT2D eigenvalue weighted by Gasteiger charge is 2.22. The molecule has 0 saturated carbocycles. The Morgan fingerprint density at radius 1 is 1.45 bits per heavy atom. The van der Waals surface area contributed by atoms with E-state index in [0.29, 0.717) is 12.0 Å². The van der Waals surface area contributed by atoms with Gasteiger partial charge in [-0.05, 0) is 24.9 Å². The molecule has 1 aromatic heterocycles. The lowest BCUT2D eigenvalue weighted by Gasteiger charge is -2.34. The van der Waals surface area contributed by atoms with Crippen LogP contribution in [0.15, 0.2) is 16.7 Å².